The highest BCUT2D eigenvalue weighted by Crippen LogP contribution is 2.38. The first-order valence-electron chi connectivity index (χ1n) is 9.86. The third kappa shape index (κ3) is 5.25. The molecule has 0 aliphatic carbocycles. The number of phenolic OH excluding ortho intramolecular Hbond substituents is 1. The molecule has 0 bridgehead atoms. The van der Waals surface area contributed by atoms with Crippen LogP contribution in [0.5, 0.6) is 5.75 Å². The fourth-order valence-corrected chi connectivity index (χ4v) is 4.62. The number of halogens is 1. The van der Waals surface area contributed by atoms with E-state index in [0.717, 1.165) is 31.4 Å². The highest BCUT2D eigenvalue weighted by Gasteiger charge is 2.35. The second-order valence-electron chi connectivity index (χ2n) is 7.37. The zero-order chi connectivity index (χ0) is 23.5. The van der Waals surface area contributed by atoms with Crippen LogP contribution in [0.1, 0.15) is 22.3 Å². The number of nitro benzene ring substituents is 1. The lowest BCUT2D eigenvalue weighted by molar-refractivity contribution is -0.385. The number of aromatic hydroxyl groups is 1. The first-order chi connectivity index (χ1) is 15.8. The van der Waals surface area contributed by atoms with Crippen molar-refractivity contribution >= 4 is 57.3 Å². The lowest BCUT2D eigenvalue weighted by Gasteiger charge is -2.12. The molecule has 1 fully saturated rings. The molecule has 3 aromatic carbocycles. The summed E-state index contributed by atoms with van der Waals surface area (Å²) in [7, 11) is 0. The standard InChI is InChI=1S/C24H17IN2O5S/c25-19-8-6-16(7-9-19)14-26-23(29)21(33-24(26)30)13-18-11-17(10-15-4-2-1-3-5-15)12-20(22(18)28)27(31)32/h1-9,11-13,28H,10,14H2/b21-13-. The van der Waals surface area contributed by atoms with Crippen LogP contribution in [-0.2, 0) is 17.8 Å². The van der Waals surface area contributed by atoms with Gasteiger partial charge < -0.3 is 5.11 Å². The van der Waals surface area contributed by atoms with Gasteiger partial charge in [0, 0.05) is 15.2 Å². The van der Waals surface area contributed by atoms with Crippen LogP contribution in [0, 0.1) is 13.7 Å². The number of nitro groups is 1. The monoisotopic (exact) mass is 572 g/mol. The summed E-state index contributed by atoms with van der Waals surface area (Å²) in [6.07, 6.45) is 1.76. The zero-order valence-electron chi connectivity index (χ0n) is 17.1. The summed E-state index contributed by atoms with van der Waals surface area (Å²) in [5.41, 5.74) is 2.03. The Kier molecular flexibility index (Phi) is 6.80. The third-order valence-corrected chi connectivity index (χ3v) is 6.67. The Labute approximate surface area is 207 Å². The number of carbonyl (C=O) groups excluding carboxylic acids is 2. The molecule has 1 saturated heterocycles. The Bertz CT molecular complexity index is 1280. The number of hydrogen-bond donors (Lipinski definition) is 1. The van der Waals surface area contributed by atoms with Gasteiger partial charge in [-0.15, -0.1) is 0 Å². The van der Waals surface area contributed by atoms with Crippen molar-refractivity contribution in [3.05, 3.63) is 108 Å². The summed E-state index contributed by atoms with van der Waals surface area (Å²) in [6.45, 7) is 0.124. The Morgan fingerprint density at radius 2 is 1.70 bits per heavy atom. The van der Waals surface area contributed by atoms with E-state index in [4.69, 9.17) is 0 Å². The largest absolute Gasteiger partial charge is 0.502 e. The van der Waals surface area contributed by atoms with Gasteiger partial charge in [-0.25, -0.2) is 0 Å². The van der Waals surface area contributed by atoms with Gasteiger partial charge in [-0.2, -0.15) is 0 Å². The molecule has 0 radical (unpaired) electrons. The molecule has 33 heavy (non-hydrogen) atoms. The number of thioether (sulfide) groups is 1. The average molecular weight is 572 g/mol. The maximum Gasteiger partial charge on any atom is 0.311 e. The molecule has 0 unspecified atom stereocenters. The summed E-state index contributed by atoms with van der Waals surface area (Å²) >= 11 is 2.92. The molecule has 3 aromatic rings. The number of carbonyl (C=O) groups is 2. The second-order valence-corrected chi connectivity index (χ2v) is 9.61. The van der Waals surface area contributed by atoms with Crippen LogP contribution in [0.25, 0.3) is 6.08 Å². The molecule has 4 rings (SSSR count). The van der Waals surface area contributed by atoms with E-state index in [0.29, 0.717) is 12.0 Å². The first-order valence-corrected chi connectivity index (χ1v) is 11.8. The molecule has 1 N–H and O–H groups in total. The predicted octanol–water partition coefficient (Wildman–Crippen LogP) is 5.73. The minimum absolute atomic E-state index is 0.104. The lowest BCUT2D eigenvalue weighted by Crippen LogP contribution is -2.27. The Balaban J connectivity index is 1.65. The van der Waals surface area contributed by atoms with E-state index in [-0.39, 0.29) is 17.0 Å². The normalized spacial score (nSPS) is 14.8. The molecule has 1 heterocycles. The van der Waals surface area contributed by atoms with Crippen LogP contribution in [0.15, 0.2) is 71.6 Å². The van der Waals surface area contributed by atoms with E-state index in [1.807, 2.05) is 54.6 Å². The molecule has 1 aliphatic heterocycles. The number of rotatable bonds is 6. The van der Waals surface area contributed by atoms with Crippen molar-refractivity contribution in [3.63, 3.8) is 0 Å². The van der Waals surface area contributed by atoms with Crippen molar-refractivity contribution in [1.29, 1.82) is 0 Å². The van der Waals surface area contributed by atoms with Crippen molar-refractivity contribution < 1.29 is 19.6 Å². The van der Waals surface area contributed by atoms with Crippen LogP contribution >= 0.6 is 34.4 Å². The van der Waals surface area contributed by atoms with Gasteiger partial charge in [-0.1, -0.05) is 42.5 Å². The van der Waals surface area contributed by atoms with Crippen LogP contribution in [0.2, 0.25) is 0 Å². The van der Waals surface area contributed by atoms with Gasteiger partial charge in [0.2, 0.25) is 5.75 Å². The molecule has 2 amide bonds. The number of nitrogens with zero attached hydrogens (tertiary/aromatic N) is 2. The quantitative estimate of drug-likeness (QED) is 0.175. The molecule has 166 valence electrons. The van der Waals surface area contributed by atoms with Gasteiger partial charge in [-0.05, 0) is 81.7 Å². The SMILES string of the molecule is O=C1S/C(=C\c2cc(Cc3ccccc3)cc([N+](=O)[O-])c2O)C(=O)N1Cc1ccc(I)cc1. The fourth-order valence-electron chi connectivity index (χ4n) is 3.43. The summed E-state index contributed by atoms with van der Waals surface area (Å²) in [6, 6.07) is 19.8. The lowest BCUT2D eigenvalue weighted by atomic mass is 10.0. The van der Waals surface area contributed by atoms with Crippen molar-refractivity contribution in [2.45, 2.75) is 13.0 Å². The van der Waals surface area contributed by atoms with Gasteiger partial charge in [0.1, 0.15) is 0 Å². The summed E-state index contributed by atoms with van der Waals surface area (Å²) < 4.78 is 1.04. The number of imide groups is 1. The van der Waals surface area contributed by atoms with Crippen molar-refractivity contribution in [2.75, 3.05) is 0 Å². The van der Waals surface area contributed by atoms with Crippen molar-refractivity contribution in [1.82, 2.24) is 4.90 Å². The Morgan fingerprint density at radius 3 is 2.36 bits per heavy atom. The topological polar surface area (TPSA) is 101 Å². The molecule has 7 nitrogen and oxygen atoms in total. The van der Waals surface area contributed by atoms with Gasteiger partial charge in [0.05, 0.1) is 16.4 Å². The molecule has 0 aromatic heterocycles. The predicted molar refractivity (Wildman–Crippen MR) is 135 cm³/mol. The Hall–Kier alpha value is -3.18. The number of hydrogen-bond acceptors (Lipinski definition) is 6. The number of benzene rings is 3. The summed E-state index contributed by atoms with van der Waals surface area (Å²) in [5.74, 6) is -1.04. The summed E-state index contributed by atoms with van der Waals surface area (Å²) in [5, 5.41) is 21.6. The maximum atomic E-state index is 12.9. The molecule has 9 heteroatoms. The van der Waals surface area contributed by atoms with Crippen molar-refractivity contribution in [2.24, 2.45) is 0 Å². The minimum atomic E-state index is -0.663. The maximum absolute atomic E-state index is 12.9. The van der Waals surface area contributed by atoms with Crippen LogP contribution < -0.4 is 0 Å². The fraction of sp³-hybridized carbons (Fsp3) is 0.0833. The van der Waals surface area contributed by atoms with E-state index >= 15 is 0 Å². The van der Waals surface area contributed by atoms with E-state index < -0.39 is 27.5 Å². The van der Waals surface area contributed by atoms with Gasteiger partial charge in [-0.3, -0.25) is 24.6 Å². The van der Waals surface area contributed by atoms with Crippen LogP contribution in [0.3, 0.4) is 0 Å². The smallest absolute Gasteiger partial charge is 0.311 e. The molecule has 0 atom stereocenters. The molecule has 0 spiro atoms. The van der Waals surface area contributed by atoms with E-state index in [1.165, 1.54) is 12.1 Å². The molecular weight excluding hydrogens is 555 g/mol. The van der Waals surface area contributed by atoms with Gasteiger partial charge >= 0.3 is 5.69 Å². The van der Waals surface area contributed by atoms with E-state index in [9.17, 15) is 24.8 Å². The highest BCUT2D eigenvalue weighted by atomic mass is 127. The van der Waals surface area contributed by atoms with Crippen molar-refractivity contribution in [3.8, 4) is 5.75 Å². The Morgan fingerprint density at radius 1 is 1.00 bits per heavy atom. The first kappa shape index (κ1) is 23.0. The zero-order valence-corrected chi connectivity index (χ0v) is 20.1. The van der Waals surface area contributed by atoms with Crippen LogP contribution in [0.4, 0.5) is 10.5 Å². The average Bonchev–Trinajstić information content (AvgIpc) is 3.05. The second kappa shape index (κ2) is 9.75. The molecule has 1 aliphatic rings. The molecular formula is C24H17IN2O5S. The number of amides is 2. The molecule has 0 saturated carbocycles. The van der Waals surface area contributed by atoms with Gasteiger partial charge in [0.15, 0.2) is 0 Å². The van der Waals surface area contributed by atoms with E-state index in [1.54, 1.807) is 6.07 Å². The minimum Gasteiger partial charge on any atom is -0.502 e. The highest BCUT2D eigenvalue weighted by molar-refractivity contribution is 14.1. The van der Waals surface area contributed by atoms with E-state index in [2.05, 4.69) is 22.6 Å². The number of phenols is 1. The summed E-state index contributed by atoms with van der Waals surface area (Å²) in [4.78, 5) is 37.4. The van der Waals surface area contributed by atoms with Crippen LogP contribution in [-0.4, -0.2) is 26.1 Å². The third-order valence-electron chi connectivity index (χ3n) is 5.04. The van der Waals surface area contributed by atoms with Gasteiger partial charge in [0.25, 0.3) is 11.1 Å².